The lowest BCUT2D eigenvalue weighted by atomic mass is 10.0. The molecule has 3 aromatic heterocycles. The second-order valence-corrected chi connectivity index (χ2v) is 12.1. The average Bonchev–Trinajstić information content (AvgIpc) is 3.67. The van der Waals surface area contributed by atoms with Crippen LogP contribution < -0.4 is 0 Å². The van der Waals surface area contributed by atoms with Gasteiger partial charge in [0.05, 0.1) is 22.1 Å². The van der Waals surface area contributed by atoms with Crippen LogP contribution in [0.5, 0.6) is 0 Å². The van der Waals surface area contributed by atoms with E-state index in [1.165, 1.54) is 16.5 Å². The summed E-state index contributed by atoms with van der Waals surface area (Å²) in [5.74, 6) is 1.77. The summed E-state index contributed by atoms with van der Waals surface area (Å²) in [6.45, 7) is 0. The fourth-order valence-electron chi connectivity index (χ4n) is 7.15. The van der Waals surface area contributed by atoms with Crippen molar-refractivity contribution in [3.63, 3.8) is 0 Å². The lowest BCUT2D eigenvalue weighted by Gasteiger charge is -2.13. The van der Waals surface area contributed by atoms with Gasteiger partial charge in [-0.15, -0.1) is 0 Å². The van der Waals surface area contributed by atoms with E-state index in [1.807, 2.05) is 0 Å². The molecule has 0 aliphatic carbocycles. The van der Waals surface area contributed by atoms with Crippen LogP contribution in [0.15, 0.2) is 164 Å². The van der Waals surface area contributed by atoms with Gasteiger partial charge in [-0.1, -0.05) is 127 Å². The number of nitrogens with zero attached hydrogens (tertiary/aromatic N) is 5. The van der Waals surface area contributed by atoms with Crippen molar-refractivity contribution in [3.8, 4) is 34.4 Å². The Bertz CT molecular complexity index is 2790. The van der Waals surface area contributed by atoms with Gasteiger partial charge in [0, 0.05) is 27.1 Å². The molecule has 0 aliphatic heterocycles. The molecule has 0 amide bonds. The molecule has 0 radical (unpaired) electrons. The number of fused-ring (bicyclic) bond motifs is 7. The van der Waals surface area contributed by atoms with Gasteiger partial charge >= 0.3 is 0 Å². The molecule has 224 valence electrons. The Hall–Kier alpha value is -6.59. The molecule has 0 bridgehead atoms. The fraction of sp³-hybridized carbons (Fsp3) is 0. The van der Waals surface area contributed by atoms with Gasteiger partial charge in [0.25, 0.3) is 0 Å². The number of para-hydroxylation sites is 3. The van der Waals surface area contributed by atoms with Gasteiger partial charge in [0.2, 0.25) is 11.9 Å². The van der Waals surface area contributed by atoms with E-state index in [2.05, 4.69) is 173 Å². The van der Waals surface area contributed by atoms with Crippen LogP contribution in [0.4, 0.5) is 0 Å². The molecule has 0 unspecified atom stereocenters. The minimum absolute atomic E-state index is 0.573. The first-order chi connectivity index (χ1) is 23.8. The molecule has 0 saturated heterocycles. The highest BCUT2D eigenvalue weighted by molar-refractivity contribution is 6.11. The van der Waals surface area contributed by atoms with Crippen LogP contribution in [0.1, 0.15) is 0 Å². The molecular weight excluding hydrogens is 587 g/mol. The molecule has 10 aromatic rings. The van der Waals surface area contributed by atoms with Crippen LogP contribution in [0.25, 0.3) is 88.8 Å². The van der Waals surface area contributed by atoms with Gasteiger partial charge in [0.15, 0.2) is 5.82 Å². The van der Waals surface area contributed by atoms with Gasteiger partial charge in [-0.25, -0.2) is 0 Å². The molecule has 7 aromatic carbocycles. The quantitative estimate of drug-likeness (QED) is 0.198. The van der Waals surface area contributed by atoms with Crippen molar-refractivity contribution in [2.24, 2.45) is 0 Å². The lowest BCUT2D eigenvalue weighted by Crippen LogP contribution is -2.10. The van der Waals surface area contributed by atoms with E-state index in [0.29, 0.717) is 17.7 Å². The highest BCUT2D eigenvalue weighted by atomic mass is 15.3. The zero-order valence-electron chi connectivity index (χ0n) is 25.8. The van der Waals surface area contributed by atoms with Gasteiger partial charge in [0.1, 0.15) is 0 Å². The summed E-state index contributed by atoms with van der Waals surface area (Å²) in [6, 6.07) is 57.4. The Labute approximate surface area is 276 Å². The van der Waals surface area contributed by atoms with E-state index in [9.17, 15) is 0 Å². The molecule has 0 atom stereocenters. The molecule has 5 heteroatoms. The third kappa shape index (κ3) is 4.08. The summed E-state index contributed by atoms with van der Waals surface area (Å²) in [5.41, 5.74) is 7.48. The first-order valence-corrected chi connectivity index (χ1v) is 16.1. The normalized spacial score (nSPS) is 11.8. The van der Waals surface area contributed by atoms with Crippen molar-refractivity contribution in [2.45, 2.75) is 0 Å². The summed E-state index contributed by atoms with van der Waals surface area (Å²) in [5, 5.41) is 6.94. The molecule has 0 aliphatic rings. The summed E-state index contributed by atoms with van der Waals surface area (Å²) >= 11 is 0. The summed E-state index contributed by atoms with van der Waals surface area (Å²) in [7, 11) is 0. The topological polar surface area (TPSA) is 48.5 Å². The van der Waals surface area contributed by atoms with Gasteiger partial charge in [-0.05, 0) is 58.3 Å². The van der Waals surface area contributed by atoms with E-state index >= 15 is 0 Å². The molecular formula is C43H27N5. The zero-order valence-corrected chi connectivity index (χ0v) is 25.8. The highest BCUT2D eigenvalue weighted by Gasteiger charge is 2.20. The van der Waals surface area contributed by atoms with Crippen LogP contribution in [0, 0.1) is 0 Å². The van der Waals surface area contributed by atoms with Crippen LogP contribution in [0.2, 0.25) is 0 Å². The second kappa shape index (κ2) is 10.5. The first-order valence-electron chi connectivity index (χ1n) is 16.1. The van der Waals surface area contributed by atoms with Gasteiger partial charge in [-0.2, -0.15) is 15.0 Å². The molecule has 48 heavy (non-hydrogen) atoms. The number of hydrogen-bond donors (Lipinski definition) is 0. The molecule has 5 nitrogen and oxygen atoms in total. The largest absolute Gasteiger partial charge is 0.278 e. The smallest absolute Gasteiger partial charge is 0.240 e. The summed E-state index contributed by atoms with van der Waals surface area (Å²) in [4.78, 5) is 15.7. The van der Waals surface area contributed by atoms with Gasteiger partial charge < -0.3 is 0 Å². The van der Waals surface area contributed by atoms with Crippen molar-refractivity contribution < 1.29 is 0 Å². The predicted octanol–water partition coefficient (Wildman–Crippen LogP) is 10.6. The SMILES string of the molecule is c1ccc(-c2ccc3c(c2)c2ccccc2n3-c2nc(-c3ccc4ccccc4c3)nc(-n3c4ccccc4c4ccccc43)n2)cc1. The van der Waals surface area contributed by atoms with E-state index in [1.54, 1.807) is 0 Å². The lowest BCUT2D eigenvalue weighted by molar-refractivity contribution is 0.893. The minimum Gasteiger partial charge on any atom is -0.278 e. The Morgan fingerprint density at radius 3 is 1.46 bits per heavy atom. The van der Waals surface area contributed by atoms with E-state index in [-0.39, 0.29) is 0 Å². The molecule has 0 saturated carbocycles. The van der Waals surface area contributed by atoms with Crippen molar-refractivity contribution in [1.29, 1.82) is 0 Å². The van der Waals surface area contributed by atoms with Crippen LogP contribution in [0.3, 0.4) is 0 Å². The van der Waals surface area contributed by atoms with E-state index in [0.717, 1.165) is 54.6 Å². The highest BCUT2D eigenvalue weighted by Crippen LogP contribution is 2.36. The van der Waals surface area contributed by atoms with Crippen molar-refractivity contribution in [2.75, 3.05) is 0 Å². The number of hydrogen-bond acceptors (Lipinski definition) is 3. The van der Waals surface area contributed by atoms with Crippen molar-refractivity contribution >= 4 is 54.4 Å². The monoisotopic (exact) mass is 613 g/mol. The van der Waals surface area contributed by atoms with Crippen LogP contribution >= 0.6 is 0 Å². The molecule has 0 spiro atoms. The molecule has 0 fully saturated rings. The predicted molar refractivity (Wildman–Crippen MR) is 197 cm³/mol. The van der Waals surface area contributed by atoms with E-state index < -0.39 is 0 Å². The maximum Gasteiger partial charge on any atom is 0.240 e. The first kappa shape index (κ1) is 26.6. The number of rotatable bonds is 4. The Morgan fingerprint density at radius 2 is 0.812 bits per heavy atom. The zero-order chi connectivity index (χ0) is 31.6. The van der Waals surface area contributed by atoms with Crippen molar-refractivity contribution in [3.05, 3.63) is 164 Å². The Kier molecular flexibility index (Phi) is 5.81. The Morgan fingerprint density at radius 1 is 0.312 bits per heavy atom. The maximum absolute atomic E-state index is 5.29. The average molecular weight is 614 g/mol. The Balaban J connectivity index is 1.29. The number of aromatic nitrogens is 5. The third-order valence-electron chi connectivity index (χ3n) is 9.38. The maximum atomic E-state index is 5.29. The van der Waals surface area contributed by atoms with Crippen molar-refractivity contribution in [1.82, 2.24) is 24.1 Å². The summed E-state index contributed by atoms with van der Waals surface area (Å²) in [6.07, 6.45) is 0. The molecule has 3 heterocycles. The molecule has 10 rings (SSSR count). The van der Waals surface area contributed by atoms with Gasteiger partial charge in [-0.3, -0.25) is 9.13 Å². The van der Waals surface area contributed by atoms with Crippen LogP contribution in [-0.4, -0.2) is 24.1 Å². The number of benzene rings is 7. The minimum atomic E-state index is 0.573. The third-order valence-corrected chi connectivity index (χ3v) is 9.38. The summed E-state index contributed by atoms with van der Waals surface area (Å²) < 4.78 is 4.35. The molecule has 0 N–H and O–H groups in total. The van der Waals surface area contributed by atoms with E-state index in [4.69, 9.17) is 15.0 Å². The standard InChI is InChI=1S/C43H27N5/c1-2-12-28(13-3-1)31-24-25-40-36(27-31)35-18-8-11-21-39(35)48(40)43-45-41(32-23-22-29-14-4-5-15-30(29)26-32)44-42(46-43)47-37-19-9-6-16-33(37)34-17-7-10-20-38(34)47/h1-27H. The van der Waals surface area contributed by atoms with Crippen LogP contribution in [-0.2, 0) is 0 Å². The second-order valence-electron chi connectivity index (χ2n) is 12.1. The fourth-order valence-corrected chi connectivity index (χ4v) is 7.15.